The number of rotatable bonds is 5. The highest BCUT2D eigenvalue weighted by atomic mass is 16.5. The number of aryl methyl sites for hydroxylation is 1. The number of urea groups is 1. The Labute approximate surface area is 102 Å². The summed E-state index contributed by atoms with van der Waals surface area (Å²) in [5, 5.41) is 5.29. The average Bonchev–Trinajstić information content (AvgIpc) is 2.32. The van der Waals surface area contributed by atoms with E-state index in [1.165, 1.54) is 5.56 Å². The quantitative estimate of drug-likeness (QED) is 0.765. The number of nitrogens with one attached hydrogen (secondary N) is 2. The minimum atomic E-state index is -0.230. The van der Waals surface area contributed by atoms with Crippen LogP contribution in [-0.2, 0) is 4.74 Å². The molecule has 0 unspecified atom stereocenters. The Kier molecular flexibility index (Phi) is 5.82. The summed E-state index contributed by atoms with van der Waals surface area (Å²) >= 11 is 0. The highest BCUT2D eigenvalue weighted by molar-refractivity contribution is 5.75. The van der Waals surface area contributed by atoms with Gasteiger partial charge in [-0.25, -0.2) is 4.79 Å². The monoisotopic (exact) mass is 234 g/mol. The molecule has 0 spiro atoms. The van der Waals surface area contributed by atoms with Crippen molar-refractivity contribution in [2.24, 2.45) is 0 Å². The number of methoxy groups -OCH3 is 1. The minimum Gasteiger partial charge on any atom is -0.383 e. The van der Waals surface area contributed by atoms with Crippen LogP contribution in [0.1, 0.15) is 11.1 Å². The van der Waals surface area contributed by atoms with Crippen LogP contribution in [0.3, 0.4) is 0 Å². The molecule has 0 aliphatic rings. The van der Waals surface area contributed by atoms with Crippen molar-refractivity contribution in [3.63, 3.8) is 0 Å². The molecule has 4 heteroatoms. The zero-order chi connectivity index (χ0) is 12.5. The summed E-state index contributed by atoms with van der Waals surface area (Å²) in [5.74, 6) is 0. The molecule has 92 valence electrons. The molecule has 0 heterocycles. The van der Waals surface area contributed by atoms with Gasteiger partial charge >= 0.3 is 6.03 Å². The third-order valence-corrected chi connectivity index (χ3v) is 2.26. The van der Waals surface area contributed by atoms with Crippen LogP contribution in [0.4, 0.5) is 4.79 Å². The summed E-state index contributed by atoms with van der Waals surface area (Å²) in [5.41, 5.74) is 2.26. The molecule has 2 N–H and O–H groups in total. The second-order valence-corrected chi connectivity index (χ2v) is 3.58. The summed E-state index contributed by atoms with van der Waals surface area (Å²) in [6, 6.07) is 7.74. The molecule has 1 aromatic rings. The third kappa shape index (κ3) is 5.17. The van der Waals surface area contributed by atoms with E-state index in [1.807, 2.05) is 37.3 Å². The molecule has 0 aliphatic carbocycles. The molecule has 17 heavy (non-hydrogen) atoms. The Morgan fingerprint density at radius 2 is 2.18 bits per heavy atom. The van der Waals surface area contributed by atoms with E-state index in [2.05, 4.69) is 10.6 Å². The molecular weight excluding hydrogens is 216 g/mol. The Balaban J connectivity index is 2.35. The summed E-state index contributed by atoms with van der Waals surface area (Å²) in [6.45, 7) is 3.04. The second-order valence-electron chi connectivity index (χ2n) is 3.58. The van der Waals surface area contributed by atoms with Crippen molar-refractivity contribution >= 4 is 12.1 Å². The summed E-state index contributed by atoms with van der Waals surface area (Å²) in [7, 11) is 1.59. The van der Waals surface area contributed by atoms with E-state index in [-0.39, 0.29) is 6.03 Å². The lowest BCUT2D eigenvalue weighted by Crippen LogP contribution is -2.34. The van der Waals surface area contributed by atoms with E-state index >= 15 is 0 Å². The van der Waals surface area contributed by atoms with Crippen LogP contribution in [0.2, 0.25) is 0 Å². The first-order chi connectivity index (χ1) is 8.24. The maximum absolute atomic E-state index is 11.3. The van der Waals surface area contributed by atoms with Crippen LogP contribution in [0.25, 0.3) is 6.08 Å². The number of benzene rings is 1. The van der Waals surface area contributed by atoms with Gasteiger partial charge in [-0.3, -0.25) is 0 Å². The molecule has 0 fully saturated rings. The molecule has 4 nitrogen and oxygen atoms in total. The molecule has 0 aromatic heterocycles. The van der Waals surface area contributed by atoms with Gasteiger partial charge in [0.25, 0.3) is 0 Å². The van der Waals surface area contributed by atoms with Crippen molar-refractivity contribution in [2.45, 2.75) is 6.92 Å². The van der Waals surface area contributed by atoms with Crippen LogP contribution in [0, 0.1) is 6.92 Å². The Bertz CT molecular complexity index is 389. The molecule has 0 aliphatic heterocycles. The number of ether oxygens (including phenoxy) is 1. The summed E-state index contributed by atoms with van der Waals surface area (Å²) in [4.78, 5) is 11.3. The van der Waals surface area contributed by atoms with Crippen molar-refractivity contribution in [2.75, 3.05) is 20.3 Å². The van der Waals surface area contributed by atoms with Gasteiger partial charge in [0.2, 0.25) is 0 Å². The van der Waals surface area contributed by atoms with E-state index < -0.39 is 0 Å². The molecule has 1 rings (SSSR count). The lowest BCUT2D eigenvalue weighted by molar-refractivity contribution is 0.196. The smallest absolute Gasteiger partial charge is 0.318 e. The van der Waals surface area contributed by atoms with Gasteiger partial charge in [-0.15, -0.1) is 0 Å². The van der Waals surface area contributed by atoms with Gasteiger partial charge < -0.3 is 15.4 Å². The standard InChI is InChI=1S/C13H18N2O2/c1-11-5-3-4-6-12(11)7-8-14-13(16)15-9-10-17-2/h3-8H,9-10H2,1-2H3,(H2,14,15,16)/b8-7+. The largest absolute Gasteiger partial charge is 0.383 e. The topological polar surface area (TPSA) is 50.4 Å². The number of amides is 2. The Morgan fingerprint density at radius 1 is 1.41 bits per heavy atom. The van der Waals surface area contributed by atoms with Gasteiger partial charge in [0.15, 0.2) is 0 Å². The molecular formula is C13H18N2O2. The number of hydrogen-bond donors (Lipinski definition) is 2. The fraction of sp³-hybridized carbons (Fsp3) is 0.308. The van der Waals surface area contributed by atoms with E-state index in [0.717, 1.165) is 5.56 Å². The van der Waals surface area contributed by atoms with Crippen molar-refractivity contribution in [1.82, 2.24) is 10.6 Å². The fourth-order valence-electron chi connectivity index (χ4n) is 1.30. The fourth-order valence-corrected chi connectivity index (χ4v) is 1.30. The lowest BCUT2D eigenvalue weighted by Gasteiger charge is -2.03. The van der Waals surface area contributed by atoms with E-state index in [0.29, 0.717) is 13.2 Å². The van der Waals surface area contributed by atoms with Crippen LogP contribution in [-0.4, -0.2) is 26.3 Å². The summed E-state index contributed by atoms with van der Waals surface area (Å²) in [6.07, 6.45) is 3.50. The van der Waals surface area contributed by atoms with Crippen molar-refractivity contribution < 1.29 is 9.53 Å². The zero-order valence-corrected chi connectivity index (χ0v) is 10.2. The number of carbonyl (C=O) groups is 1. The van der Waals surface area contributed by atoms with E-state index in [9.17, 15) is 4.79 Å². The minimum absolute atomic E-state index is 0.230. The SMILES string of the molecule is COCCNC(=O)N/C=C/c1ccccc1C. The van der Waals surface area contributed by atoms with Gasteiger partial charge in [0.05, 0.1) is 6.61 Å². The highest BCUT2D eigenvalue weighted by Gasteiger charge is 1.95. The van der Waals surface area contributed by atoms with E-state index in [4.69, 9.17) is 4.74 Å². The average molecular weight is 234 g/mol. The molecule has 2 amide bonds. The van der Waals surface area contributed by atoms with Gasteiger partial charge in [-0.05, 0) is 24.1 Å². The summed E-state index contributed by atoms with van der Waals surface area (Å²) < 4.78 is 4.82. The van der Waals surface area contributed by atoms with Gasteiger partial charge in [0, 0.05) is 19.9 Å². The third-order valence-electron chi connectivity index (χ3n) is 2.26. The molecule has 0 radical (unpaired) electrons. The number of carbonyl (C=O) groups excluding carboxylic acids is 1. The first-order valence-electron chi connectivity index (χ1n) is 5.49. The second kappa shape index (κ2) is 7.46. The molecule has 0 atom stereocenters. The normalized spacial score (nSPS) is 10.5. The lowest BCUT2D eigenvalue weighted by atomic mass is 10.1. The van der Waals surface area contributed by atoms with Gasteiger partial charge in [-0.1, -0.05) is 24.3 Å². The van der Waals surface area contributed by atoms with Gasteiger partial charge in [-0.2, -0.15) is 0 Å². The zero-order valence-electron chi connectivity index (χ0n) is 10.2. The van der Waals surface area contributed by atoms with Crippen molar-refractivity contribution in [1.29, 1.82) is 0 Å². The van der Waals surface area contributed by atoms with Crippen LogP contribution < -0.4 is 10.6 Å². The number of hydrogen-bond acceptors (Lipinski definition) is 2. The van der Waals surface area contributed by atoms with Crippen LogP contribution in [0.5, 0.6) is 0 Å². The molecule has 0 saturated heterocycles. The first kappa shape index (κ1) is 13.3. The maximum atomic E-state index is 11.3. The van der Waals surface area contributed by atoms with Crippen molar-refractivity contribution in [3.05, 3.63) is 41.6 Å². The molecule has 0 bridgehead atoms. The Morgan fingerprint density at radius 3 is 2.88 bits per heavy atom. The molecule has 0 saturated carbocycles. The van der Waals surface area contributed by atoms with Gasteiger partial charge in [0.1, 0.15) is 0 Å². The highest BCUT2D eigenvalue weighted by Crippen LogP contribution is 2.07. The predicted molar refractivity (Wildman–Crippen MR) is 68.6 cm³/mol. The van der Waals surface area contributed by atoms with Crippen LogP contribution >= 0.6 is 0 Å². The maximum Gasteiger partial charge on any atom is 0.318 e. The first-order valence-corrected chi connectivity index (χ1v) is 5.49. The van der Waals surface area contributed by atoms with E-state index in [1.54, 1.807) is 13.3 Å². The predicted octanol–water partition coefficient (Wildman–Crippen LogP) is 1.91. The van der Waals surface area contributed by atoms with Crippen LogP contribution in [0.15, 0.2) is 30.5 Å². The van der Waals surface area contributed by atoms with Crippen molar-refractivity contribution in [3.8, 4) is 0 Å². The Hall–Kier alpha value is -1.81. The molecule has 1 aromatic carbocycles.